The molecule has 0 spiro atoms. The van der Waals surface area contributed by atoms with Crippen LogP contribution in [-0.4, -0.2) is 60.2 Å². The summed E-state index contributed by atoms with van der Waals surface area (Å²) in [5.74, 6) is 1.14. The molecule has 2 aromatic rings. The molecule has 3 rings (SSSR count). The van der Waals surface area contributed by atoms with Gasteiger partial charge in [0.2, 0.25) is 17.6 Å². The molecule has 0 bridgehead atoms. The smallest absolute Gasteiger partial charge is 0.227 e. The fourth-order valence-corrected chi connectivity index (χ4v) is 3.29. The first-order valence-corrected chi connectivity index (χ1v) is 9.25. The van der Waals surface area contributed by atoms with E-state index in [1.54, 1.807) is 11.3 Å². The summed E-state index contributed by atoms with van der Waals surface area (Å²) in [6, 6.07) is 3.90. The molecule has 1 aliphatic heterocycles. The van der Waals surface area contributed by atoms with Gasteiger partial charge in [-0.05, 0) is 24.4 Å². The van der Waals surface area contributed by atoms with Crippen LogP contribution in [0.1, 0.15) is 18.7 Å². The second-order valence-corrected chi connectivity index (χ2v) is 6.73. The van der Waals surface area contributed by atoms with Gasteiger partial charge in [-0.3, -0.25) is 4.79 Å². The minimum absolute atomic E-state index is 0.0335. The predicted octanol–water partition coefficient (Wildman–Crippen LogP) is 1.14. The van der Waals surface area contributed by atoms with Crippen molar-refractivity contribution < 1.29 is 9.32 Å². The van der Waals surface area contributed by atoms with Gasteiger partial charge in [-0.25, -0.2) is 0 Å². The average molecular weight is 349 g/mol. The lowest BCUT2D eigenvalue weighted by Gasteiger charge is -2.27. The van der Waals surface area contributed by atoms with E-state index < -0.39 is 0 Å². The maximum atomic E-state index is 11.9. The Balaban J connectivity index is 1.31. The minimum Gasteiger partial charge on any atom is -0.356 e. The quantitative estimate of drug-likeness (QED) is 0.696. The van der Waals surface area contributed by atoms with E-state index in [0.29, 0.717) is 31.1 Å². The third-order valence-electron chi connectivity index (χ3n) is 3.96. The minimum atomic E-state index is 0.0335. The monoisotopic (exact) mass is 349 g/mol. The summed E-state index contributed by atoms with van der Waals surface area (Å²) in [6.07, 6.45) is 1.83. The molecule has 8 heteroatoms. The largest absolute Gasteiger partial charge is 0.356 e. The molecule has 0 aromatic carbocycles. The van der Waals surface area contributed by atoms with Crippen molar-refractivity contribution >= 4 is 17.2 Å². The molecule has 2 aromatic heterocycles. The van der Waals surface area contributed by atoms with Gasteiger partial charge < -0.3 is 20.1 Å². The van der Waals surface area contributed by atoms with Crippen molar-refractivity contribution in [3.05, 3.63) is 23.4 Å². The Hall–Kier alpha value is -1.77. The Morgan fingerprint density at radius 3 is 3.08 bits per heavy atom. The van der Waals surface area contributed by atoms with Crippen molar-refractivity contribution in [1.82, 2.24) is 25.7 Å². The Bertz CT molecular complexity index is 622. The van der Waals surface area contributed by atoms with Crippen molar-refractivity contribution in [2.24, 2.45) is 0 Å². The Morgan fingerprint density at radius 1 is 1.42 bits per heavy atom. The highest BCUT2D eigenvalue weighted by molar-refractivity contribution is 7.13. The number of nitrogens with one attached hydrogen (secondary N) is 2. The van der Waals surface area contributed by atoms with E-state index in [0.717, 1.165) is 44.0 Å². The molecule has 1 saturated heterocycles. The maximum Gasteiger partial charge on any atom is 0.227 e. The molecule has 1 fully saturated rings. The number of aromatic nitrogens is 2. The Labute approximate surface area is 145 Å². The summed E-state index contributed by atoms with van der Waals surface area (Å²) in [5.41, 5.74) is 0. The van der Waals surface area contributed by atoms with Gasteiger partial charge in [0.1, 0.15) is 0 Å². The van der Waals surface area contributed by atoms with E-state index in [-0.39, 0.29) is 5.91 Å². The molecule has 1 amide bonds. The number of aryl methyl sites for hydroxylation is 1. The van der Waals surface area contributed by atoms with Crippen molar-refractivity contribution in [2.45, 2.75) is 19.3 Å². The topological polar surface area (TPSA) is 83.3 Å². The average Bonchev–Trinajstić information content (AvgIpc) is 3.29. The second-order valence-electron chi connectivity index (χ2n) is 5.78. The summed E-state index contributed by atoms with van der Waals surface area (Å²) in [4.78, 5) is 19.6. The normalized spacial score (nSPS) is 15.5. The molecule has 0 atom stereocenters. The highest BCUT2D eigenvalue weighted by atomic mass is 32.1. The number of amides is 1. The standard InChI is InChI=1S/C16H23N5O2S/c22-14(18-6-2-9-21-10-7-17-8-11-21)4-5-15-19-16(20-23-15)13-3-1-12-24-13/h1,3,12,17H,2,4-11H2,(H,18,22). The van der Waals surface area contributed by atoms with E-state index in [1.807, 2.05) is 17.5 Å². The summed E-state index contributed by atoms with van der Waals surface area (Å²) in [6.45, 7) is 6.06. The van der Waals surface area contributed by atoms with Crippen LogP contribution in [0, 0.1) is 0 Å². The van der Waals surface area contributed by atoms with E-state index in [9.17, 15) is 4.79 Å². The van der Waals surface area contributed by atoms with Crippen LogP contribution in [0.3, 0.4) is 0 Å². The number of hydrogen-bond acceptors (Lipinski definition) is 7. The lowest BCUT2D eigenvalue weighted by molar-refractivity contribution is -0.121. The zero-order chi connectivity index (χ0) is 16.6. The molecule has 0 radical (unpaired) electrons. The number of carbonyl (C=O) groups excluding carboxylic acids is 1. The first-order chi connectivity index (χ1) is 11.8. The number of hydrogen-bond donors (Lipinski definition) is 2. The van der Waals surface area contributed by atoms with Crippen molar-refractivity contribution in [3.63, 3.8) is 0 Å². The van der Waals surface area contributed by atoms with Crippen molar-refractivity contribution in [2.75, 3.05) is 39.3 Å². The van der Waals surface area contributed by atoms with Crippen LogP contribution in [0.25, 0.3) is 10.7 Å². The van der Waals surface area contributed by atoms with Crippen LogP contribution in [0.2, 0.25) is 0 Å². The van der Waals surface area contributed by atoms with Gasteiger partial charge in [0, 0.05) is 45.6 Å². The second kappa shape index (κ2) is 8.91. The summed E-state index contributed by atoms with van der Waals surface area (Å²) < 4.78 is 5.20. The molecule has 0 aliphatic carbocycles. The number of nitrogens with zero attached hydrogens (tertiary/aromatic N) is 3. The molecule has 130 valence electrons. The molecular weight excluding hydrogens is 326 g/mol. The van der Waals surface area contributed by atoms with Gasteiger partial charge in [0.05, 0.1) is 4.88 Å². The SMILES string of the molecule is O=C(CCc1nc(-c2cccs2)no1)NCCCN1CCNCC1. The molecule has 3 heterocycles. The van der Waals surface area contributed by atoms with Gasteiger partial charge in [-0.2, -0.15) is 4.98 Å². The van der Waals surface area contributed by atoms with Crippen LogP contribution < -0.4 is 10.6 Å². The van der Waals surface area contributed by atoms with Gasteiger partial charge in [-0.1, -0.05) is 11.2 Å². The molecule has 7 nitrogen and oxygen atoms in total. The van der Waals surface area contributed by atoms with Crippen molar-refractivity contribution in [1.29, 1.82) is 0 Å². The highest BCUT2D eigenvalue weighted by Crippen LogP contribution is 2.21. The van der Waals surface area contributed by atoms with E-state index >= 15 is 0 Å². The first-order valence-electron chi connectivity index (χ1n) is 8.37. The number of carbonyl (C=O) groups is 1. The fourth-order valence-electron chi connectivity index (χ4n) is 2.64. The maximum absolute atomic E-state index is 11.9. The number of thiophene rings is 1. The molecule has 0 unspecified atom stereocenters. The summed E-state index contributed by atoms with van der Waals surface area (Å²) in [5, 5.41) is 12.2. The molecule has 0 saturated carbocycles. The summed E-state index contributed by atoms with van der Waals surface area (Å²) >= 11 is 1.57. The van der Waals surface area contributed by atoms with Gasteiger partial charge in [0.15, 0.2) is 0 Å². The molecule has 24 heavy (non-hydrogen) atoms. The van der Waals surface area contributed by atoms with Crippen LogP contribution >= 0.6 is 11.3 Å². The number of rotatable bonds is 8. The van der Waals surface area contributed by atoms with Gasteiger partial charge in [-0.15, -0.1) is 11.3 Å². The van der Waals surface area contributed by atoms with Crippen molar-refractivity contribution in [3.8, 4) is 10.7 Å². The van der Waals surface area contributed by atoms with Crippen LogP contribution in [0.15, 0.2) is 22.0 Å². The van der Waals surface area contributed by atoms with Gasteiger partial charge >= 0.3 is 0 Å². The van der Waals surface area contributed by atoms with Crippen LogP contribution in [-0.2, 0) is 11.2 Å². The predicted molar refractivity (Wildman–Crippen MR) is 92.9 cm³/mol. The lowest BCUT2D eigenvalue weighted by Crippen LogP contribution is -2.44. The lowest BCUT2D eigenvalue weighted by atomic mass is 10.3. The zero-order valence-corrected chi connectivity index (χ0v) is 14.5. The van der Waals surface area contributed by atoms with E-state index in [1.165, 1.54) is 0 Å². The third kappa shape index (κ3) is 5.12. The zero-order valence-electron chi connectivity index (χ0n) is 13.7. The molecule has 2 N–H and O–H groups in total. The first kappa shape index (κ1) is 17.1. The molecule has 1 aliphatic rings. The Morgan fingerprint density at radius 2 is 2.29 bits per heavy atom. The van der Waals surface area contributed by atoms with E-state index in [4.69, 9.17) is 4.52 Å². The molecular formula is C16H23N5O2S. The Kier molecular flexibility index (Phi) is 6.33. The van der Waals surface area contributed by atoms with Crippen LogP contribution in [0.4, 0.5) is 0 Å². The fraction of sp³-hybridized carbons (Fsp3) is 0.562. The highest BCUT2D eigenvalue weighted by Gasteiger charge is 2.12. The van der Waals surface area contributed by atoms with Gasteiger partial charge in [0.25, 0.3) is 0 Å². The third-order valence-corrected chi connectivity index (χ3v) is 4.82. The number of piperazine rings is 1. The summed E-state index contributed by atoms with van der Waals surface area (Å²) in [7, 11) is 0. The van der Waals surface area contributed by atoms with E-state index in [2.05, 4.69) is 25.7 Å². The van der Waals surface area contributed by atoms with Crippen LogP contribution in [0.5, 0.6) is 0 Å².